The van der Waals surface area contributed by atoms with E-state index in [1.54, 1.807) is 29.9 Å². The SMILES string of the molecule is CCCc1nc(-c2cnccn2)sc1CNC1CCCC1. The van der Waals surface area contributed by atoms with Crippen molar-refractivity contribution in [3.05, 3.63) is 29.2 Å². The number of thiazole rings is 1. The molecule has 21 heavy (non-hydrogen) atoms. The molecule has 0 unspecified atom stereocenters. The second-order valence-electron chi connectivity index (χ2n) is 5.59. The summed E-state index contributed by atoms with van der Waals surface area (Å²) in [5.41, 5.74) is 2.11. The highest BCUT2D eigenvalue weighted by atomic mass is 32.1. The lowest BCUT2D eigenvalue weighted by molar-refractivity contribution is 0.525. The van der Waals surface area contributed by atoms with Gasteiger partial charge in [0.25, 0.3) is 0 Å². The first-order valence-corrected chi connectivity index (χ1v) is 8.67. The quantitative estimate of drug-likeness (QED) is 0.886. The van der Waals surface area contributed by atoms with Gasteiger partial charge in [-0.1, -0.05) is 26.2 Å². The maximum Gasteiger partial charge on any atom is 0.144 e. The lowest BCUT2D eigenvalue weighted by Crippen LogP contribution is -2.25. The summed E-state index contributed by atoms with van der Waals surface area (Å²) in [6, 6.07) is 0.696. The van der Waals surface area contributed by atoms with E-state index in [-0.39, 0.29) is 0 Å². The number of aromatic nitrogens is 3. The normalized spacial score (nSPS) is 15.7. The summed E-state index contributed by atoms with van der Waals surface area (Å²) in [5.74, 6) is 0. The highest BCUT2D eigenvalue weighted by Gasteiger charge is 2.17. The molecule has 1 aliphatic rings. The molecule has 1 aliphatic carbocycles. The monoisotopic (exact) mass is 302 g/mol. The van der Waals surface area contributed by atoms with Crippen LogP contribution < -0.4 is 5.32 Å². The Morgan fingerprint density at radius 2 is 2.14 bits per heavy atom. The summed E-state index contributed by atoms with van der Waals surface area (Å²) < 4.78 is 0. The van der Waals surface area contributed by atoms with Gasteiger partial charge in [0.05, 0.1) is 11.9 Å². The summed E-state index contributed by atoms with van der Waals surface area (Å²) >= 11 is 1.76. The van der Waals surface area contributed by atoms with E-state index in [2.05, 4.69) is 22.2 Å². The first-order chi connectivity index (χ1) is 10.4. The molecular formula is C16H22N4S. The molecule has 0 saturated heterocycles. The number of nitrogens with one attached hydrogen (secondary N) is 1. The van der Waals surface area contributed by atoms with Crippen LogP contribution in [0.1, 0.15) is 49.6 Å². The molecule has 1 N–H and O–H groups in total. The molecule has 2 aromatic rings. The zero-order valence-corrected chi connectivity index (χ0v) is 13.3. The molecule has 0 amide bonds. The lowest BCUT2D eigenvalue weighted by Gasteiger charge is -2.11. The largest absolute Gasteiger partial charge is 0.309 e. The standard InChI is InChI=1S/C16H22N4S/c1-2-5-13-15(11-19-12-6-3-4-7-12)21-16(20-13)14-10-17-8-9-18-14/h8-10,12,19H,2-7,11H2,1H3. The van der Waals surface area contributed by atoms with Gasteiger partial charge in [-0.2, -0.15) is 0 Å². The van der Waals surface area contributed by atoms with Gasteiger partial charge in [0, 0.05) is 29.9 Å². The molecule has 5 heteroatoms. The third-order valence-corrected chi connectivity index (χ3v) is 5.07. The third-order valence-electron chi connectivity index (χ3n) is 3.95. The number of hydrogen-bond donors (Lipinski definition) is 1. The Bertz CT molecular complexity index is 561. The van der Waals surface area contributed by atoms with Crippen molar-refractivity contribution >= 4 is 11.3 Å². The fourth-order valence-corrected chi connectivity index (χ4v) is 3.86. The van der Waals surface area contributed by atoms with Crippen LogP contribution >= 0.6 is 11.3 Å². The van der Waals surface area contributed by atoms with Crippen molar-refractivity contribution in [2.24, 2.45) is 0 Å². The van der Waals surface area contributed by atoms with Gasteiger partial charge in [-0.3, -0.25) is 9.97 Å². The van der Waals surface area contributed by atoms with Gasteiger partial charge in [-0.05, 0) is 19.3 Å². The molecule has 2 heterocycles. The van der Waals surface area contributed by atoms with E-state index in [1.807, 2.05) is 0 Å². The molecule has 112 valence electrons. The Hall–Kier alpha value is -1.33. The van der Waals surface area contributed by atoms with Crippen molar-refractivity contribution in [1.82, 2.24) is 20.3 Å². The van der Waals surface area contributed by atoms with Gasteiger partial charge in [-0.25, -0.2) is 4.98 Å². The molecule has 0 aromatic carbocycles. The average Bonchev–Trinajstić information content (AvgIpc) is 3.16. The van der Waals surface area contributed by atoms with Crippen molar-refractivity contribution in [3.63, 3.8) is 0 Å². The molecule has 0 atom stereocenters. The van der Waals surface area contributed by atoms with Crippen molar-refractivity contribution < 1.29 is 0 Å². The van der Waals surface area contributed by atoms with Crippen LogP contribution in [0.2, 0.25) is 0 Å². The molecule has 0 spiro atoms. The fraction of sp³-hybridized carbons (Fsp3) is 0.562. The highest BCUT2D eigenvalue weighted by Crippen LogP contribution is 2.28. The molecule has 4 nitrogen and oxygen atoms in total. The molecule has 1 fully saturated rings. The zero-order valence-electron chi connectivity index (χ0n) is 12.5. The van der Waals surface area contributed by atoms with Gasteiger partial charge in [-0.15, -0.1) is 11.3 Å². The van der Waals surface area contributed by atoms with Crippen LogP contribution in [0.4, 0.5) is 0 Å². The Morgan fingerprint density at radius 3 is 2.86 bits per heavy atom. The van der Waals surface area contributed by atoms with E-state index < -0.39 is 0 Å². The average molecular weight is 302 g/mol. The van der Waals surface area contributed by atoms with Crippen molar-refractivity contribution in [2.45, 2.75) is 58.0 Å². The zero-order chi connectivity index (χ0) is 14.5. The molecule has 3 rings (SSSR count). The summed E-state index contributed by atoms with van der Waals surface area (Å²) in [4.78, 5) is 14.7. The summed E-state index contributed by atoms with van der Waals surface area (Å²) in [5, 5.41) is 4.69. The van der Waals surface area contributed by atoms with E-state index in [1.165, 1.54) is 36.3 Å². The maximum absolute atomic E-state index is 4.79. The van der Waals surface area contributed by atoms with Crippen LogP contribution in [0.15, 0.2) is 18.6 Å². The minimum atomic E-state index is 0.696. The van der Waals surface area contributed by atoms with Gasteiger partial charge in [0.1, 0.15) is 10.7 Å². The molecule has 1 saturated carbocycles. The molecule has 0 aliphatic heterocycles. The van der Waals surface area contributed by atoms with E-state index in [9.17, 15) is 0 Å². The van der Waals surface area contributed by atoms with E-state index in [4.69, 9.17) is 4.98 Å². The second-order valence-corrected chi connectivity index (χ2v) is 6.68. The van der Waals surface area contributed by atoms with Crippen LogP contribution in [0, 0.1) is 0 Å². The number of aryl methyl sites for hydroxylation is 1. The van der Waals surface area contributed by atoms with Crippen LogP contribution in [0.5, 0.6) is 0 Å². The Labute approximate surface area is 130 Å². The summed E-state index contributed by atoms with van der Waals surface area (Å²) in [6.07, 6.45) is 12.8. The van der Waals surface area contributed by atoms with Gasteiger partial charge < -0.3 is 5.32 Å². The first-order valence-electron chi connectivity index (χ1n) is 7.85. The van der Waals surface area contributed by atoms with E-state index >= 15 is 0 Å². The minimum Gasteiger partial charge on any atom is -0.309 e. The number of nitrogens with zero attached hydrogens (tertiary/aromatic N) is 3. The predicted molar refractivity (Wildman–Crippen MR) is 86.2 cm³/mol. The lowest BCUT2D eigenvalue weighted by atomic mass is 10.2. The second kappa shape index (κ2) is 7.09. The Kier molecular flexibility index (Phi) is 4.93. The van der Waals surface area contributed by atoms with Crippen LogP contribution in [-0.2, 0) is 13.0 Å². The molecule has 0 radical (unpaired) electrons. The van der Waals surface area contributed by atoms with E-state index in [0.29, 0.717) is 6.04 Å². The van der Waals surface area contributed by atoms with Crippen LogP contribution in [0.25, 0.3) is 10.7 Å². The Balaban J connectivity index is 1.76. The van der Waals surface area contributed by atoms with Crippen LogP contribution in [0.3, 0.4) is 0 Å². The summed E-state index contributed by atoms with van der Waals surface area (Å²) in [7, 11) is 0. The van der Waals surface area contributed by atoms with Gasteiger partial charge in [0.15, 0.2) is 0 Å². The van der Waals surface area contributed by atoms with E-state index in [0.717, 1.165) is 30.1 Å². The first kappa shape index (κ1) is 14.6. The maximum atomic E-state index is 4.79. The predicted octanol–water partition coefficient (Wildman–Crippen LogP) is 3.58. The summed E-state index contributed by atoms with van der Waals surface area (Å²) in [6.45, 7) is 3.15. The molecular weight excluding hydrogens is 280 g/mol. The fourth-order valence-electron chi connectivity index (χ4n) is 2.84. The van der Waals surface area contributed by atoms with Gasteiger partial charge >= 0.3 is 0 Å². The number of rotatable bonds is 6. The molecule has 0 bridgehead atoms. The van der Waals surface area contributed by atoms with Crippen LogP contribution in [-0.4, -0.2) is 21.0 Å². The smallest absolute Gasteiger partial charge is 0.144 e. The Morgan fingerprint density at radius 1 is 1.29 bits per heavy atom. The van der Waals surface area contributed by atoms with Crippen molar-refractivity contribution in [3.8, 4) is 10.7 Å². The number of hydrogen-bond acceptors (Lipinski definition) is 5. The minimum absolute atomic E-state index is 0.696. The molecule has 2 aromatic heterocycles. The highest BCUT2D eigenvalue weighted by molar-refractivity contribution is 7.15. The van der Waals surface area contributed by atoms with Crippen molar-refractivity contribution in [1.29, 1.82) is 0 Å². The van der Waals surface area contributed by atoms with Crippen molar-refractivity contribution in [2.75, 3.05) is 0 Å². The van der Waals surface area contributed by atoms with Gasteiger partial charge in [0.2, 0.25) is 0 Å². The third kappa shape index (κ3) is 3.66. The topological polar surface area (TPSA) is 50.7 Å².